The normalized spacial score (nSPS) is 18.2. The van der Waals surface area contributed by atoms with Crippen LogP contribution in [0.15, 0.2) is 6.20 Å². The molecule has 0 atom stereocenters. The molecule has 90 valence electrons. The van der Waals surface area contributed by atoms with Gasteiger partial charge < -0.3 is 15.3 Å². The molecule has 1 aliphatic carbocycles. The van der Waals surface area contributed by atoms with Crippen LogP contribution in [0.25, 0.3) is 0 Å². The van der Waals surface area contributed by atoms with E-state index in [1.165, 1.54) is 11.3 Å². The molecular formula is C11H19N3OS. The second-order valence-electron chi connectivity index (χ2n) is 4.65. The van der Waals surface area contributed by atoms with Crippen LogP contribution in [0.4, 0.5) is 5.13 Å². The molecule has 0 aliphatic heterocycles. The summed E-state index contributed by atoms with van der Waals surface area (Å²) in [6.45, 7) is 1.05. The largest absolute Gasteiger partial charge is 0.394 e. The van der Waals surface area contributed by atoms with E-state index in [2.05, 4.69) is 10.3 Å². The molecule has 0 amide bonds. The first-order chi connectivity index (χ1) is 7.65. The molecular weight excluding hydrogens is 222 g/mol. The number of hydrogen-bond donors (Lipinski definition) is 2. The molecule has 2 N–H and O–H groups in total. The summed E-state index contributed by atoms with van der Waals surface area (Å²) in [5.74, 6) is 0. The van der Waals surface area contributed by atoms with Crippen LogP contribution in [0.1, 0.15) is 24.1 Å². The number of nitrogens with zero attached hydrogens (tertiary/aromatic N) is 2. The van der Waals surface area contributed by atoms with Gasteiger partial charge in [-0.3, -0.25) is 0 Å². The fraction of sp³-hybridized carbons (Fsp3) is 0.727. The Morgan fingerprint density at radius 3 is 2.75 bits per heavy atom. The maximum Gasteiger partial charge on any atom is 0.185 e. The van der Waals surface area contributed by atoms with E-state index in [-0.39, 0.29) is 12.1 Å². The molecule has 1 aliphatic rings. The molecule has 5 heteroatoms. The Balaban J connectivity index is 1.89. The van der Waals surface area contributed by atoms with Crippen LogP contribution in [-0.4, -0.2) is 36.3 Å². The summed E-state index contributed by atoms with van der Waals surface area (Å²) < 4.78 is 0. The van der Waals surface area contributed by atoms with Gasteiger partial charge in [-0.25, -0.2) is 4.98 Å². The Morgan fingerprint density at radius 2 is 2.31 bits per heavy atom. The van der Waals surface area contributed by atoms with Crippen molar-refractivity contribution in [2.75, 3.05) is 25.6 Å². The third-order valence-corrected chi connectivity index (χ3v) is 4.34. The quantitative estimate of drug-likeness (QED) is 0.813. The van der Waals surface area contributed by atoms with Crippen LogP contribution in [0.3, 0.4) is 0 Å². The van der Waals surface area contributed by atoms with Crippen molar-refractivity contribution < 1.29 is 5.11 Å². The maximum absolute atomic E-state index is 9.33. The second-order valence-corrected chi connectivity index (χ2v) is 5.74. The number of hydrogen-bond acceptors (Lipinski definition) is 5. The van der Waals surface area contributed by atoms with Gasteiger partial charge in [0.25, 0.3) is 0 Å². The zero-order valence-corrected chi connectivity index (χ0v) is 10.7. The minimum atomic E-state index is -0.0116. The summed E-state index contributed by atoms with van der Waals surface area (Å²) in [5.41, 5.74) is -0.0116. The van der Waals surface area contributed by atoms with Gasteiger partial charge in [0.1, 0.15) is 0 Å². The Labute approximate surface area is 100 Å². The minimum absolute atomic E-state index is 0.0116. The lowest BCUT2D eigenvalue weighted by Gasteiger charge is -2.41. The van der Waals surface area contributed by atoms with Crippen molar-refractivity contribution in [1.82, 2.24) is 10.3 Å². The van der Waals surface area contributed by atoms with Gasteiger partial charge in [-0.05, 0) is 19.3 Å². The highest BCUT2D eigenvalue weighted by atomic mass is 32.1. The zero-order valence-electron chi connectivity index (χ0n) is 9.86. The van der Waals surface area contributed by atoms with Gasteiger partial charge in [0.2, 0.25) is 0 Å². The van der Waals surface area contributed by atoms with Crippen molar-refractivity contribution in [1.29, 1.82) is 0 Å². The molecule has 0 unspecified atom stereocenters. The Hall–Kier alpha value is -0.650. The molecule has 0 aromatic carbocycles. The van der Waals surface area contributed by atoms with E-state index in [0.29, 0.717) is 0 Å². The van der Waals surface area contributed by atoms with Crippen LogP contribution in [-0.2, 0) is 6.54 Å². The first kappa shape index (κ1) is 11.8. The summed E-state index contributed by atoms with van der Waals surface area (Å²) in [7, 11) is 3.99. The van der Waals surface area contributed by atoms with Crippen LogP contribution in [0.5, 0.6) is 0 Å². The maximum atomic E-state index is 9.33. The lowest BCUT2D eigenvalue weighted by Crippen LogP contribution is -2.53. The van der Waals surface area contributed by atoms with Crippen molar-refractivity contribution >= 4 is 16.5 Å². The third-order valence-electron chi connectivity index (χ3n) is 3.17. The summed E-state index contributed by atoms with van der Waals surface area (Å²) in [6.07, 6.45) is 5.31. The van der Waals surface area contributed by atoms with Crippen LogP contribution < -0.4 is 10.2 Å². The molecule has 1 fully saturated rings. The Morgan fingerprint density at radius 1 is 1.56 bits per heavy atom. The number of aliphatic hydroxyl groups is 1. The number of nitrogens with one attached hydrogen (secondary N) is 1. The molecule has 1 aromatic rings. The zero-order chi connectivity index (χ0) is 11.6. The standard InChI is InChI=1S/C11H19N3OS/c1-14(2)10-12-6-9(16-10)7-13-11(8-15)4-3-5-11/h6,13,15H,3-5,7-8H2,1-2H3. The van der Waals surface area contributed by atoms with Gasteiger partial charge in [-0.15, -0.1) is 11.3 Å². The average Bonchev–Trinajstić information content (AvgIpc) is 2.65. The van der Waals surface area contributed by atoms with Crippen molar-refractivity contribution in [3.63, 3.8) is 0 Å². The molecule has 0 saturated heterocycles. The van der Waals surface area contributed by atoms with Gasteiger partial charge in [0, 0.05) is 37.3 Å². The number of aliphatic hydroxyl groups excluding tert-OH is 1. The van der Waals surface area contributed by atoms with E-state index in [1.54, 1.807) is 11.3 Å². The topological polar surface area (TPSA) is 48.4 Å². The summed E-state index contributed by atoms with van der Waals surface area (Å²) in [4.78, 5) is 7.57. The fourth-order valence-corrected chi connectivity index (χ4v) is 2.63. The monoisotopic (exact) mass is 241 g/mol. The molecule has 16 heavy (non-hydrogen) atoms. The number of anilines is 1. The third kappa shape index (κ3) is 2.36. The predicted octanol–water partition coefficient (Wildman–Crippen LogP) is 1.21. The van der Waals surface area contributed by atoms with Crippen LogP contribution in [0.2, 0.25) is 0 Å². The molecule has 0 radical (unpaired) electrons. The number of aromatic nitrogens is 1. The van der Waals surface area contributed by atoms with E-state index in [1.807, 2.05) is 25.2 Å². The minimum Gasteiger partial charge on any atom is -0.394 e. The van der Waals surface area contributed by atoms with E-state index < -0.39 is 0 Å². The van der Waals surface area contributed by atoms with Gasteiger partial charge in [-0.2, -0.15) is 0 Å². The Kier molecular flexibility index (Phi) is 3.47. The lowest BCUT2D eigenvalue weighted by atomic mass is 9.77. The predicted molar refractivity (Wildman–Crippen MR) is 66.9 cm³/mol. The number of rotatable bonds is 5. The highest BCUT2D eigenvalue weighted by Gasteiger charge is 2.35. The molecule has 1 saturated carbocycles. The summed E-state index contributed by atoms with van der Waals surface area (Å²) in [6, 6.07) is 0. The van der Waals surface area contributed by atoms with E-state index in [4.69, 9.17) is 0 Å². The lowest BCUT2D eigenvalue weighted by molar-refractivity contribution is 0.0875. The van der Waals surface area contributed by atoms with Gasteiger partial charge >= 0.3 is 0 Å². The number of thiazole rings is 1. The summed E-state index contributed by atoms with van der Waals surface area (Å²) >= 11 is 1.70. The first-order valence-corrected chi connectivity index (χ1v) is 6.45. The van der Waals surface area contributed by atoms with Crippen molar-refractivity contribution in [3.05, 3.63) is 11.1 Å². The molecule has 1 aromatic heterocycles. The molecule has 2 rings (SSSR count). The Bertz CT molecular complexity index is 341. The highest BCUT2D eigenvalue weighted by Crippen LogP contribution is 2.32. The van der Waals surface area contributed by atoms with E-state index in [9.17, 15) is 5.11 Å². The molecule has 0 bridgehead atoms. The van der Waals surface area contributed by atoms with E-state index >= 15 is 0 Å². The van der Waals surface area contributed by atoms with Gasteiger partial charge in [-0.1, -0.05) is 0 Å². The molecule has 0 spiro atoms. The first-order valence-electron chi connectivity index (χ1n) is 5.63. The SMILES string of the molecule is CN(C)c1ncc(CNC2(CO)CCC2)s1. The van der Waals surface area contributed by atoms with Crippen molar-refractivity contribution in [3.8, 4) is 0 Å². The van der Waals surface area contributed by atoms with Crippen LogP contribution in [0, 0.1) is 0 Å². The van der Waals surface area contributed by atoms with Crippen molar-refractivity contribution in [2.45, 2.75) is 31.3 Å². The van der Waals surface area contributed by atoms with Gasteiger partial charge in [0.15, 0.2) is 5.13 Å². The van der Waals surface area contributed by atoms with Gasteiger partial charge in [0.05, 0.1) is 6.61 Å². The summed E-state index contributed by atoms with van der Waals surface area (Å²) in [5, 5.41) is 13.8. The van der Waals surface area contributed by atoms with Crippen molar-refractivity contribution in [2.24, 2.45) is 0 Å². The average molecular weight is 241 g/mol. The fourth-order valence-electron chi connectivity index (χ4n) is 1.85. The molecule has 1 heterocycles. The molecule has 4 nitrogen and oxygen atoms in total. The van der Waals surface area contributed by atoms with E-state index in [0.717, 1.165) is 24.5 Å². The smallest absolute Gasteiger partial charge is 0.185 e. The second kappa shape index (κ2) is 4.69. The van der Waals surface area contributed by atoms with Crippen LogP contribution >= 0.6 is 11.3 Å². The highest BCUT2D eigenvalue weighted by molar-refractivity contribution is 7.15.